The average Bonchev–Trinajstić information content (AvgIpc) is 3.30. The second kappa shape index (κ2) is 6.28. The number of hydrogen-bond donors (Lipinski definition) is 1. The van der Waals surface area contributed by atoms with Gasteiger partial charge >= 0.3 is 0 Å². The van der Waals surface area contributed by atoms with Crippen molar-refractivity contribution in [1.82, 2.24) is 15.0 Å². The zero-order valence-electron chi connectivity index (χ0n) is 14.3. The number of anilines is 2. The molecule has 27 heavy (non-hydrogen) atoms. The Kier molecular flexibility index (Phi) is 3.64. The van der Waals surface area contributed by atoms with E-state index in [4.69, 9.17) is 4.42 Å². The van der Waals surface area contributed by atoms with Gasteiger partial charge in [-0.05, 0) is 48.2 Å². The van der Waals surface area contributed by atoms with Crippen LogP contribution >= 0.6 is 0 Å². The Hall–Kier alpha value is -3.61. The van der Waals surface area contributed by atoms with Crippen molar-refractivity contribution in [1.29, 1.82) is 0 Å². The lowest BCUT2D eigenvalue weighted by Gasteiger charge is -2.10. The molecule has 5 rings (SSSR count). The number of hydrogen-bond acceptors (Lipinski definition) is 7. The molecule has 132 valence electrons. The Bertz CT molecular complexity index is 1140. The van der Waals surface area contributed by atoms with E-state index in [0.717, 1.165) is 40.7 Å². The highest BCUT2D eigenvalue weighted by Gasteiger charge is 2.24. The smallest absolute Gasteiger partial charge is 0.177 e. The molecule has 0 aliphatic heterocycles. The van der Waals surface area contributed by atoms with Gasteiger partial charge in [-0.3, -0.25) is 4.98 Å². The number of aromatic nitrogens is 3. The average molecular weight is 357 g/mol. The van der Waals surface area contributed by atoms with E-state index in [1.165, 1.54) is 6.33 Å². The van der Waals surface area contributed by atoms with E-state index >= 15 is 0 Å². The molecule has 4 aromatic rings. The third-order valence-corrected chi connectivity index (χ3v) is 4.89. The number of fused-ring (bicyclic) bond motifs is 2. The van der Waals surface area contributed by atoms with Crippen molar-refractivity contribution in [3.05, 3.63) is 71.3 Å². The molecule has 1 aliphatic rings. The Morgan fingerprint density at radius 1 is 1.15 bits per heavy atom. The number of nitrogens with zero attached hydrogens (tertiary/aromatic N) is 4. The van der Waals surface area contributed by atoms with Crippen molar-refractivity contribution >= 4 is 22.3 Å². The number of nitroso groups, excluding NO2 is 1. The summed E-state index contributed by atoms with van der Waals surface area (Å²) in [7, 11) is 0. The van der Waals surface area contributed by atoms with Crippen molar-refractivity contribution in [2.75, 3.05) is 5.32 Å². The highest BCUT2D eigenvalue weighted by atomic mass is 16.3. The van der Waals surface area contributed by atoms with Crippen LogP contribution in [0.25, 0.3) is 22.4 Å². The van der Waals surface area contributed by atoms with Gasteiger partial charge in [0, 0.05) is 23.5 Å². The third-order valence-electron chi connectivity index (χ3n) is 4.89. The monoisotopic (exact) mass is 357 g/mol. The van der Waals surface area contributed by atoms with Crippen molar-refractivity contribution in [2.45, 2.75) is 18.9 Å². The summed E-state index contributed by atoms with van der Waals surface area (Å²) < 4.78 is 6.01. The summed E-state index contributed by atoms with van der Waals surface area (Å²) in [5, 5.41) is 7.61. The fourth-order valence-corrected chi connectivity index (χ4v) is 3.61. The zero-order chi connectivity index (χ0) is 18.2. The predicted molar refractivity (Wildman–Crippen MR) is 102 cm³/mol. The molecule has 0 spiro atoms. The van der Waals surface area contributed by atoms with Gasteiger partial charge in [0.15, 0.2) is 11.3 Å². The minimum Gasteiger partial charge on any atom is -0.451 e. The molecule has 1 aromatic carbocycles. The van der Waals surface area contributed by atoms with Gasteiger partial charge in [-0.15, -0.1) is 0 Å². The zero-order valence-corrected chi connectivity index (χ0v) is 14.3. The maximum absolute atomic E-state index is 11.0. The summed E-state index contributed by atoms with van der Waals surface area (Å²) in [4.78, 5) is 23.4. The maximum Gasteiger partial charge on any atom is 0.177 e. The predicted octanol–water partition coefficient (Wildman–Crippen LogP) is 4.78. The van der Waals surface area contributed by atoms with Gasteiger partial charge in [0.05, 0.1) is 11.9 Å². The standard InChI is InChI=1S/C20H15N5O2/c26-25-16-4-1-12-9-13(2-3-14(12)16)24-19-15-5-7-21-10-18(15)27-20(19)17-6-8-22-11-23-17/h2-3,5-11,16,24H,1,4H2. The number of nitrogens with one attached hydrogen (secondary N) is 1. The van der Waals surface area contributed by atoms with E-state index < -0.39 is 0 Å². The van der Waals surface area contributed by atoms with E-state index in [1.807, 2.05) is 18.2 Å². The van der Waals surface area contributed by atoms with Crippen molar-refractivity contribution in [3.8, 4) is 11.5 Å². The molecule has 1 N–H and O–H groups in total. The molecule has 0 fully saturated rings. The fraction of sp³-hybridized carbons (Fsp3) is 0.150. The van der Waals surface area contributed by atoms with Gasteiger partial charge in [0.1, 0.15) is 18.1 Å². The minimum absolute atomic E-state index is 0.230. The van der Waals surface area contributed by atoms with Crippen LogP contribution in [0.2, 0.25) is 0 Å². The quantitative estimate of drug-likeness (QED) is 0.528. The van der Waals surface area contributed by atoms with Crippen LogP contribution in [0.1, 0.15) is 23.6 Å². The fourth-order valence-electron chi connectivity index (χ4n) is 3.61. The van der Waals surface area contributed by atoms with E-state index in [1.54, 1.807) is 24.7 Å². The van der Waals surface area contributed by atoms with Gasteiger partial charge in [0.2, 0.25) is 0 Å². The molecule has 7 nitrogen and oxygen atoms in total. The number of furan rings is 1. The van der Waals surface area contributed by atoms with E-state index in [2.05, 4.69) is 31.5 Å². The Morgan fingerprint density at radius 3 is 2.93 bits per heavy atom. The van der Waals surface area contributed by atoms with Gasteiger partial charge < -0.3 is 9.73 Å². The first-order valence-electron chi connectivity index (χ1n) is 8.68. The van der Waals surface area contributed by atoms with Crippen LogP contribution in [0, 0.1) is 4.91 Å². The molecule has 3 aromatic heterocycles. The van der Waals surface area contributed by atoms with Crippen LogP contribution in [-0.4, -0.2) is 15.0 Å². The molecule has 1 unspecified atom stereocenters. The summed E-state index contributed by atoms with van der Waals surface area (Å²) in [5.74, 6) is 0.633. The van der Waals surface area contributed by atoms with Crippen LogP contribution in [0.5, 0.6) is 0 Å². The molecule has 0 radical (unpaired) electrons. The summed E-state index contributed by atoms with van der Waals surface area (Å²) in [6.45, 7) is 0. The highest BCUT2D eigenvalue weighted by Crippen LogP contribution is 2.40. The van der Waals surface area contributed by atoms with E-state index in [-0.39, 0.29) is 6.04 Å². The molecule has 0 saturated carbocycles. The SMILES string of the molecule is O=NC1CCc2cc(Nc3c(-c4ccncn4)oc4cnccc34)ccc21. The number of aryl methyl sites for hydroxylation is 1. The van der Waals surface area contributed by atoms with Crippen LogP contribution in [-0.2, 0) is 6.42 Å². The van der Waals surface area contributed by atoms with Crippen molar-refractivity contribution in [2.24, 2.45) is 5.18 Å². The largest absolute Gasteiger partial charge is 0.451 e. The normalized spacial score (nSPS) is 15.6. The second-order valence-corrected chi connectivity index (χ2v) is 6.47. The summed E-state index contributed by atoms with van der Waals surface area (Å²) in [6.07, 6.45) is 8.22. The van der Waals surface area contributed by atoms with Gasteiger partial charge in [-0.1, -0.05) is 11.2 Å². The molecule has 0 saturated heterocycles. The lowest BCUT2D eigenvalue weighted by atomic mass is 10.1. The lowest BCUT2D eigenvalue weighted by Crippen LogP contribution is -1.95. The van der Waals surface area contributed by atoms with E-state index in [0.29, 0.717) is 17.0 Å². The molecule has 0 bridgehead atoms. The van der Waals surface area contributed by atoms with Crippen LogP contribution in [0.15, 0.2) is 64.8 Å². The Balaban J connectivity index is 1.60. The summed E-state index contributed by atoms with van der Waals surface area (Å²) in [6, 6.07) is 9.50. The lowest BCUT2D eigenvalue weighted by molar-refractivity contribution is 0.628. The van der Waals surface area contributed by atoms with Gasteiger partial charge in [-0.2, -0.15) is 4.91 Å². The molecule has 3 heterocycles. The molecule has 1 aliphatic carbocycles. The molecular weight excluding hydrogens is 342 g/mol. The topological polar surface area (TPSA) is 93.3 Å². The maximum atomic E-state index is 11.0. The van der Waals surface area contributed by atoms with Crippen molar-refractivity contribution < 1.29 is 4.42 Å². The van der Waals surface area contributed by atoms with Gasteiger partial charge in [-0.25, -0.2) is 9.97 Å². The third kappa shape index (κ3) is 2.64. The molecule has 7 heteroatoms. The minimum atomic E-state index is -0.230. The van der Waals surface area contributed by atoms with E-state index in [9.17, 15) is 4.91 Å². The second-order valence-electron chi connectivity index (χ2n) is 6.47. The first-order valence-corrected chi connectivity index (χ1v) is 8.68. The highest BCUT2D eigenvalue weighted by molar-refractivity contribution is 5.99. The number of rotatable bonds is 4. The number of pyridine rings is 1. The number of benzene rings is 1. The van der Waals surface area contributed by atoms with Crippen LogP contribution < -0.4 is 5.32 Å². The van der Waals surface area contributed by atoms with Crippen LogP contribution in [0.3, 0.4) is 0 Å². The summed E-state index contributed by atoms with van der Waals surface area (Å²) >= 11 is 0. The Morgan fingerprint density at radius 2 is 2.07 bits per heavy atom. The summed E-state index contributed by atoms with van der Waals surface area (Å²) in [5.41, 5.74) is 5.30. The van der Waals surface area contributed by atoms with Crippen LogP contribution in [0.4, 0.5) is 11.4 Å². The Labute approximate surface area is 154 Å². The van der Waals surface area contributed by atoms with Crippen molar-refractivity contribution in [3.63, 3.8) is 0 Å². The molecular formula is C20H15N5O2. The first kappa shape index (κ1) is 15.6. The molecule has 0 amide bonds. The van der Waals surface area contributed by atoms with Gasteiger partial charge in [0.25, 0.3) is 0 Å². The molecule has 1 atom stereocenters. The first-order chi connectivity index (χ1) is 13.3.